The average Bonchev–Trinajstić information content (AvgIpc) is 2.79. The Morgan fingerprint density at radius 1 is 1.24 bits per heavy atom. The first-order valence-electron chi connectivity index (χ1n) is 6.19. The summed E-state index contributed by atoms with van der Waals surface area (Å²) in [7, 11) is 0. The molecule has 0 aliphatic heterocycles. The molecule has 0 bridgehead atoms. The topological polar surface area (TPSA) is 12.9 Å². The number of hydrogen-bond donors (Lipinski definition) is 0. The Kier molecular flexibility index (Phi) is 2.59. The Morgan fingerprint density at radius 3 is 2.82 bits per heavy atom. The molecule has 0 radical (unpaired) electrons. The number of rotatable bonds is 1. The lowest BCUT2D eigenvalue weighted by atomic mass is 9.98. The van der Waals surface area contributed by atoms with E-state index in [2.05, 4.69) is 26.0 Å². The van der Waals surface area contributed by atoms with Gasteiger partial charge in [0.15, 0.2) is 0 Å². The molecule has 1 aliphatic rings. The monoisotopic (exact) mass is 245 g/mol. The van der Waals surface area contributed by atoms with Crippen LogP contribution in [0.25, 0.3) is 10.9 Å². The van der Waals surface area contributed by atoms with Crippen molar-refractivity contribution >= 4 is 22.5 Å². The maximum absolute atomic E-state index is 6.15. The highest BCUT2D eigenvalue weighted by atomic mass is 35.5. The fraction of sp³-hybridized carbons (Fsp3) is 0.400. The molecule has 0 spiro atoms. The van der Waals surface area contributed by atoms with Gasteiger partial charge in [0.25, 0.3) is 0 Å². The van der Waals surface area contributed by atoms with Gasteiger partial charge in [0, 0.05) is 17.0 Å². The Balaban J connectivity index is 2.44. The highest BCUT2D eigenvalue weighted by molar-refractivity contribution is 6.18. The molecule has 3 rings (SSSR count). The maximum Gasteiger partial charge on any atom is 0.0740 e. The third kappa shape index (κ3) is 1.56. The molecule has 0 N–H and O–H groups in total. The summed E-state index contributed by atoms with van der Waals surface area (Å²) in [5.74, 6) is 0.601. The van der Waals surface area contributed by atoms with E-state index in [0.29, 0.717) is 5.88 Å². The third-order valence-corrected chi connectivity index (χ3v) is 4.23. The first-order valence-corrected chi connectivity index (χ1v) is 6.72. The van der Waals surface area contributed by atoms with E-state index in [1.807, 2.05) is 0 Å². The molecule has 0 amide bonds. The molecule has 17 heavy (non-hydrogen) atoms. The number of halogens is 1. The SMILES string of the molecule is Cc1ccc2c(CCl)c3c(nc2c1C)CCC3. The van der Waals surface area contributed by atoms with Gasteiger partial charge in [-0.2, -0.15) is 0 Å². The minimum absolute atomic E-state index is 0.601. The van der Waals surface area contributed by atoms with Crippen LogP contribution in [-0.2, 0) is 18.7 Å². The Bertz CT molecular complexity index is 602. The average molecular weight is 246 g/mol. The number of hydrogen-bond acceptors (Lipinski definition) is 1. The van der Waals surface area contributed by atoms with Crippen LogP contribution in [-0.4, -0.2) is 4.98 Å². The Hall–Kier alpha value is -1.08. The van der Waals surface area contributed by atoms with Gasteiger partial charge in [-0.1, -0.05) is 12.1 Å². The predicted molar refractivity (Wildman–Crippen MR) is 72.8 cm³/mol. The molecule has 2 aromatic rings. The van der Waals surface area contributed by atoms with Crippen LogP contribution in [0.5, 0.6) is 0 Å². The van der Waals surface area contributed by atoms with Gasteiger partial charge in [-0.3, -0.25) is 4.98 Å². The summed E-state index contributed by atoms with van der Waals surface area (Å²) in [4.78, 5) is 4.87. The molecule has 1 heterocycles. The number of nitrogens with zero attached hydrogens (tertiary/aromatic N) is 1. The zero-order chi connectivity index (χ0) is 12.0. The van der Waals surface area contributed by atoms with Gasteiger partial charge in [0.2, 0.25) is 0 Å². The van der Waals surface area contributed by atoms with Crippen LogP contribution in [0.15, 0.2) is 12.1 Å². The van der Waals surface area contributed by atoms with E-state index < -0.39 is 0 Å². The van der Waals surface area contributed by atoms with Gasteiger partial charge in [-0.05, 0) is 55.4 Å². The number of aromatic nitrogens is 1. The van der Waals surface area contributed by atoms with E-state index in [-0.39, 0.29) is 0 Å². The number of fused-ring (bicyclic) bond motifs is 2. The molecule has 0 fully saturated rings. The summed E-state index contributed by atoms with van der Waals surface area (Å²) >= 11 is 6.15. The second-order valence-electron chi connectivity index (χ2n) is 4.91. The van der Waals surface area contributed by atoms with Gasteiger partial charge in [-0.15, -0.1) is 11.6 Å². The van der Waals surface area contributed by atoms with Crippen molar-refractivity contribution in [3.63, 3.8) is 0 Å². The summed E-state index contributed by atoms with van der Waals surface area (Å²) in [5.41, 5.74) is 7.76. The van der Waals surface area contributed by atoms with Crippen molar-refractivity contribution in [3.8, 4) is 0 Å². The highest BCUT2D eigenvalue weighted by Gasteiger charge is 2.19. The van der Waals surface area contributed by atoms with Crippen LogP contribution in [0.3, 0.4) is 0 Å². The molecule has 1 aromatic carbocycles. The van der Waals surface area contributed by atoms with Crippen molar-refractivity contribution in [1.82, 2.24) is 4.98 Å². The minimum atomic E-state index is 0.601. The summed E-state index contributed by atoms with van der Waals surface area (Å²) in [5, 5.41) is 1.25. The molecule has 88 valence electrons. The molecule has 1 nitrogen and oxygen atoms in total. The van der Waals surface area contributed by atoms with E-state index >= 15 is 0 Å². The van der Waals surface area contributed by atoms with E-state index in [4.69, 9.17) is 16.6 Å². The summed E-state index contributed by atoms with van der Waals surface area (Å²) in [6.07, 6.45) is 3.48. The first kappa shape index (κ1) is 11.0. The minimum Gasteiger partial charge on any atom is -0.252 e. The predicted octanol–water partition coefficient (Wildman–Crippen LogP) is 4.08. The molecule has 0 unspecified atom stereocenters. The van der Waals surface area contributed by atoms with Crippen molar-refractivity contribution in [2.24, 2.45) is 0 Å². The van der Waals surface area contributed by atoms with Gasteiger partial charge < -0.3 is 0 Å². The highest BCUT2D eigenvalue weighted by Crippen LogP contribution is 2.32. The molecular formula is C15H16ClN. The van der Waals surface area contributed by atoms with E-state index in [1.165, 1.54) is 39.8 Å². The van der Waals surface area contributed by atoms with E-state index in [0.717, 1.165) is 18.4 Å². The number of benzene rings is 1. The van der Waals surface area contributed by atoms with Crippen molar-refractivity contribution in [1.29, 1.82) is 0 Å². The summed E-state index contributed by atoms with van der Waals surface area (Å²) < 4.78 is 0. The lowest BCUT2D eigenvalue weighted by molar-refractivity contribution is 0.899. The molecular weight excluding hydrogens is 230 g/mol. The largest absolute Gasteiger partial charge is 0.252 e. The van der Waals surface area contributed by atoms with Crippen LogP contribution < -0.4 is 0 Å². The molecule has 0 saturated heterocycles. The third-order valence-electron chi connectivity index (χ3n) is 3.96. The second kappa shape index (κ2) is 3.99. The van der Waals surface area contributed by atoms with E-state index in [9.17, 15) is 0 Å². The molecule has 2 heteroatoms. The smallest absolute Gasteiger partial charge is 0.0740 e. The quantitative estimate of drug-likeness (QED) is 0.690. The van der Waals surface area contributed by atoms with Crippen molar-refractivity contribution in [2.45, 2.75) is 39.0 Å². The van der Waals surface area contributed by atoms with Crippen LogP contribution in [0.4, 0.5) is 0 Å². The van der Waals surface area contributed by atoms with Crippen LogP contribution in [0, 0.1) is 13.8 Å². The number of pyridine rings is 1. The number of aryl methyl sites for hydroxylation is 3. The lowest BCUT2D eigenvalue weighted by Gasteiger charge is -2.12. The van der Waals surface area contributed by atoms with Crippen LogP contribution >= 0.6 is 11.6 Å². The van der Waals surface area contributed by atoms with Crippen LogP contribution in [0.1, 0.15) is 34.4 Å². The molecule has 1 aliphatic carbocycles. The standard InChI is InChI=1S/C15H16ClN/c1-9-6-7-12-13(8-16)11-4-3-5-14(11)17-15(12)10(9)2/h6-7H,3-5,8H2,1-2H3. The van der Waals surface area contributed by atoms with Crippen LogP contribution in [0.2, 0.25) is 0 Å². The summed E-state index contributed by atoms with van der Waals surface area (Å²) in [6, 6.07) is 4.36. The molecule has 0 saturated carbocycles. The molecule has 1 aromatic heterocycles. The van der Waals surface area contributed by atoms with E-state index in [1.54, 1.807) is 0 Å². The second-order valence-corrected chi connectivity index (χ2v) is 5.17. The Morgan fingerprint density at radius 2 is 2.06 bits per heavy atom. The van der Waals surface area contributed by atoms with Crippen molar-refractivity contribution in [2.75, 3.05) is 0 Å². The normalized spacial score (nSPS) is 14.3. The van der Waals surface area contributed by atoms with Gasteiger partial charge in [0.1, 0.15) is 0 Å². The number of alkyl halides is 1. The zero-order valence-corrected chi connectivity index (χ0v) is 11.1. The van der Waals surface area contributed by atoms with Crippen molar-refractivity contribution < 1.29 is 0 Å². The van der Waals surface area contributed by atoms with Gasteiger partial charge >= 0.3 is 0 Å². The summed E-state index contributed by atoms with van der Waals surface area (Å²) in [6.45, 7) is 4.30. The fourth-order valence-corrected chi connectivity index (χ4v) is 3.12. The maximum atomic E-state index is 6.15. The van der Waals surface area contributed by atoms with Gasteiger partial charge in [0.05, 0.1) is 5.52 Å². The molecule has 0 atom stereocenters. The zero-order valence-electron chi connectivity index (χ0n) is 10.3. The first-order chi connectivity index (χ1) is 8.22. The Labute approximate surface area is 107 Å². The fourth-order valence-electron chi connectivity index (χ4n) is 2.82. The van der Waals surface area contributed by atoms with Gasteiger partial charge in [-0.25, -0.2) is 0 Å². The lowest BCUT2D eigenvalue weighted by Crippen LogP contribution is -1.99. The van der Waals surface area contributed by atoms with Crippen molar-refractivity contribution in [3.05, 3.63) is 40.1 Å².